The highest BCUT2D eigenvalue weighted by molar-refractivity contribution is 6.33. The van der Waals surface area contributed by atoms with Gasteiger partial charge in [0.15, 0.2) is 6.10 Å². The maximum absolute atomic E-state index is 12.1. The Morgan fingerprint density at radius 3 is 2.56 bits per heavy atom. The van der Waals surface area contributed by atoms with Crippen molar-refractivity contribution in [2.45, 2.75) is 19.4 Å². The Bertz CT molecular complexity index is 779. The number of carbonyl (C=O) groups is 2. The molecule has 1 N–H and O–H groups in total. The lowest BCUT2D eigenvalue weighted by Gasteiger charge is -2.15. The summed E-state index contributed by atoms with van der Waals surface area (Å²) in [6, 6.07) is 11.7. The van der Waals surface area contributed by atoms with E-state index < -0.39 is 18.0 Å². The fraction of sp³-hybridized carbons (Fsp3) is 0.222. The number of amides is 1. The number of benzene rings is 2. The summed E-state index contributed by atoms with van der Waals surface area (Å²) in [5.74, 6) is -0.517. The van der Waals surface area contributed by atoms with Crippen LogP contribution in [-0.4, -0.2) is 25.1 Å². The van der Waals surface area contributed by atoms with Gasteiger partial charge in [0.25, 0.3) is 5.91 Å². The predicted octanol–water partition coefficient (Wildman–Crippen LogP) is 4.11. The van der Waals surface area contributed by atoms with Crippen molar-refractivity contribution in [2.24, 2.45) is 0 Å². The summed E-state index contributed by atoms with van der Waals surface area (Å²) in [4.78, 5) is 24.2. The van der Waals surface area contributed by atoms with Crippen LogP contribution in [0.15, 0.2) is 42.5 Å². The van der Waals surface area contributed by atoms with Crippen LogP contribution < -0.4 is 10.1 Å². The highest BCUT2D eigenvalue weighted by Crippen LogP contribution is 2.24. The predicted molar refractivity (Wildman–Crippen MR) is 97.3 cm³/mol. The van der Waals surface area contributed by atoms with E-state index in [2.05, 4.69) is 5.32 Å². The molecule has 0 aliphatic heterocycles. The van der Waals surface area contributed by atoms with Crippen molar-refractivity contribution in [3.8, 4) is 5.75 Å². The average molecular weight is 382 g/mol. The molecule has 7 heteroatoms. The average Bonchev–Trinajstić information content (AvgIpc) is 2.57. The molecule has 2 aromatic carbocycles. The van der Waals surface area contributed by atoms with E-state index in [1.807, 2.05) is 0 Å². The molecule has 1 atom stereocenters. The van der Waals surface area contributed by atoms with Gasteiger partial charge in [-0.3, -0.25) is 9.59 Å². The summed E-state index contributed by atoms with van der Waals surface area (Å²) in [5.41, 5.74) is 1.03. The molecule has 2 aromatic rings. The number of ether oxygens (including phenoxy) is 2. The molecule has 0 fully saturated rings. The van der Waals surface area contributed by atoms with Crippen molar-refractivity contribution in [1.82, 2.24) is 0 Å². The third-order valence-electron chi connectivity index (χ3n) is 3.39. The van der Waals surface area contributed by atoms with Crippen molar-refractivity contribution in [3.63, 3.8) is 0 Å². The summed E-state index contributed by atoms with van der Waals surface area (Å²) in [5, 5.41) is 3.50. The molecule has 0 radical (unpaired) electrons. The van der Waals surface area contributed by atoms with Gasteiger partial charge >= 0.3 is 5.97 Å². The Kier molecular flexibility index (Phi) is 6.67. The Hall–Kier alpha value is -2.24. The molecule has 25 heavy (non-hydrogen) atoms. The van der Waals surface area contributed by atoms with E-state index in [-0.39, 0.29) is 6.42 Å². The lowest BCUT2D eigenvalue weighted by Crippen LogP contribution is -2.30. The quantitative estimate of drug-likeness (QED) is 0.764. The number of methoxy groups -OCH3 is 1. The minimum atomic E-state index is -0.978. The van der Waals surface area contributed by atoms with Crippen LogP contribution in [0.25, 0.3) is 0 Å². The van der Waals surface area contributed by atoms with Gasteiger partial charge < -0.3 is 14.8 Å². The third kappa shape index (κ3) is 5.37. The molecule has 0 aliphatic rings. The first-order valence-electron chi connectivity index (χ1n) is 7.48. The first kappa shape index (κ1) is 19.1. The second kappa shape index (κ2) is 8.74. The van der Waals surface area contributed by atoms with Gasteiger partial charge in [-0.1, -0.05) is 35.3 Å². The van der Waals surface area contributed by atoms with Crippen LogP contribution >= 0.6 is 23.2 Å². The first-order valence-corrected chi connectivity index (χ1v) is 8.23. The maximum atomic E-state index is 12.1. The minimum absolute atomic E-state index is 0.0621. The van der Waals surface area contributed by atoms with E-state index >= 15 is 0 Å². The number of carbonyl (C=O) groups excluding carboxylic acids is 2. The zero-order valence-electron chi connectivity index (χ0n) is 13.7. The van der Waals surface area contributed by atoms with Gasteiger partial charge in [-0.25, -0.2) is 0 Å². The van der Waals surface area contributed by atoms with E-state index in [1.54, 1.807) is 42.5 Å². The van der Waals surface area contributed by atoms with Crippen molar-refractivity contribution >= 4 is 40.8 Å². The molecule has 0 bridgehead atoms. The zero-order valence-corrected chi connectivity index (χ0v) is 15.2. The molecule has 0 saturated carbocycles. The van der Waals surface area contributed by atoms with Crippen LogP contribution in [0.1, 0.15) is 12.5 Å². The number of anilines is 1. The van der Waals surface area contributed by atoms with Crippen LogP contribution in [0.4, 0.5) is 5.69 Å². The van der Waals surface area contributed by atoms with Gasteiger partial charge in [-0.2, -0.15) is 0 Å². The van der Waals surface area contributed by atoms with E-state index in [0.717, 1.165) is 0 Å². The minimum Gasteiger partial charge on any atom is -0.496 e. The standard InChI is InChI=1S/C18H17Cl2NO4/c1-11(18(23)21-15-6-4-3-5-14(15)20)25-17(22)10-12-9-13(19)7-8-16(12)24-2/h3-9,11H,10H2,1-2H3,(H,21,23)/t11-/m1/s1. The van der Waals surface area contributed by atoms with Gasteiger partial charge in [0.2, 0.25) is 0 Å². The molecular formula is C18H17Cl2NO4. The number of hydrogen-bond donors (Lipinski definition) is 1. The number of hydrogen-bond acceptors (Lipinski definition) is 4. The topological polar surface area (TPSA) is 64.6 Å². The normalized spacial score (nSPS) is 11.5. The third-order valence-corrected chi connectivity index (χ3v) is 3.95. The summed E-state index contributed by atoms with van der Waals surface area (Å²) in [7, 11) is 1.50. The molecule has 1 amide bonds. The van der Waals surface area contributed by atoms with E-state index in [4.69, 9.17) is 32.7 Å². The van der Waals surface area contributed by atoms with Crippen molar-refractivity contribution < 1.29 is 19.1 Å². The number of esters is 1. The first-order chi connectivity index (χ1) is 11.9. The molecule has 0 spiro atoms. The number of para-hydroxylation sites is 1. The lowest BCUT2D eigenvalue weighted by molar-refractivity contribution is -0.152. The molecule has 0 heterocycles. The molecular weight excluding hydrogens is 365 g/mol. The Morgan fingerprint density at radius 1 is 1.16 bits per heavy atom. The fourth-order valence-corrected chi connectivity index (χ4v) is 2.51. The van der Waals surface area contributed by atoms with Crippen molar-refractivity contribution in [2.75, 3.05) is 12.4 Å². The van der Waals surface area contributed by atoms with Crippen molar-refractivity contribution in [1.29, 1.82) is 0 Å². The molecule has 0 unspecified atom stereocenters. The highest BCUT2D eigenvalue weighted by atomic mass is 35.5. The molecule has 0 aromatic heterocycles. The summed E-state index contributed by atoms with van der Waals surface area (Å²) < 4.78 is 10.4. The molecule has 132 valence electrons. The summed E-state index contributed by atoms with van der Waals surface area (Å²) >= 11 is 11.9. The van der Waals surface area contributed by atoms with Gasteiger partial charge in [0.1, 0.15) is 5.75 Å². The molecule has 2 rings (SSSR count). The second-order valence-electron chi connectivity index (χ2n) is 5.23. The number of rotatable bonds is 6. The molecule has 0 aliphatic carbocycles. The highest BCUT2D eigenvalue weighted by Gasteiger charge is 2.20. The van der Waals surface area contributed by atoms with Crippen LogP contribution in [0, 0.1) is 0 Å². The van der Waals surface area contributed by atoms with Gasteiger partial charge in [-0.05, 0) is 37.3 Å². The SMILES string of the molecule is COc1ccc(Cl)cc1CC(=O)O[C@H](C)C(=O)Nc1ccccc1Cl. The number of halogens is 2. The Labute approximate surface area is 155 Å². The maximum Gasteiger partial charge on any atom is 0.311 e. The van der Waals surface area contributed by atoms with Crippen LogP contribution in [-0.2, 0) is 20.7 Å². The fourth-order valence-electron chi connectivity index (χ4n) is 2.13. The second-order valence-corrected chi connectivity index (χ2v) is 6.08. The lowest BCUT2D eigenvalue weighted by atomic mass is 10.1. The Morgan fingerprint density at radius 2 is 1.88 bits per heavy atom. The largest absolute Gasteiger partial charge is 0.496 e. The van der Waals surface area contributed by atoms with Crippen LogP contribution in [0.3, 0.4) is 0 Å². The van der Waals surface area contributed by atoms with Crippen LogP contribution in [0.2, 0.25) is 10.0 Å². The molecule has 5 nitrogen and oxygen atoms in total. The van der Waals surface area contributed by atoms with Gasteiger partial charge in [0, 0.05) is 10.6 Å². The van der Waals surface area contributed by atoms with E-state index in [0.29, 0.717) is 27.0 Å². The Balaban J connectivity index is 1.97. The van der Waals surface area contributed by atoms with E-state index in [9.17, 15) is 9.59 Å². The van der Waals surface area contributed by atoms with E-state index in [1.165, 1.54) is 14.0 Å². The summed E-state index contributed by atoms with van der Waals surface area (Å²) in [6.45, 7) is 1.49. The van der Waals surface area contributed by atoms with Gasteiger partial charge in [0.05, 0.1) is 24.2 Å². The zero-order chi connectivity index (χ0) is 18.4. The molecule has 0 saturated heterocycles. The smallest absolute Gasteiger partial charge is 0.311 e. The van der Waals surface area contributed by atoms with Gasteiger partial charge in [-0.15, -0.1) is 0 Å². The van der Waals surface area contributed by atoms with Crippen LogP contribution in [0.5, 0.6) is 5.75 Å². The summed E-state index contributed by atoms with van der Waals surface area (Å²) in [6.07, 6.45) is -1.04. The van der Waals surface area contributed by atoms with Crippen molar-refractivity contribution in [3.05, 3.63) is 58.1 Å². The number of nitrogens with one attached hydrogen (secondary N) is 1. The monoisotopic (exact) mass is 381 g/mol.